The fourth-order valence-corrected chi connectivity index (χ4v) is 4.20. The number of hydrogen-bond donors (Lipinski definition) is 2. The topological polar surface area (TPSA) is 42.9 Å². The van der Waals surface area contributed by atoms with Crippen LogP contribution in [0.15, 0.2) is 48.0 Å². The van der Waals surface area contributed by atoms with E-state index in [0.717, 1.165) is 51.5 Å². The van der Waals surface area contributed by atoms with Crippen LogP contribution in [-0.2, 0) is 6.54 Å². The fourth-order valence-electron chi connectivity index (χ4n) is 4.20. The molecule has 156 valence electrons. The predicted molar refractivity (Wildman–Crippen MR) is 129 cm³/mol. The van der Waals surface area contributed by atoms with E-state index in [1.165, 1.54) is 24.9 Å². The maximum atomic E-state index is 4.45. The van der Waals surface area contributed by atoms with E-state index in [1.54, 1.807) is 0 Å². The third-order valence-electron chi connectivity index (χ3n) is 5.77. The zero-order chi connectivity index (χ0) is 18.9. The number of hydrogen-bond acceptors (Lipinski definition) is 3. The molecular formula is C22H36IN5. The number of halogens is 1. The van der Waals surface area contributed by atoms with E-state index in [0.29, 0.717) is 12.1 Å². The van der Waals surface area contributed by atoms with Gasteiger partial charge in [-0.15, -0.1) is 30.6 Å². The van der Waals surface area contributed by atoms with Gasteiger partial charge in [0.1, 0.15) is 0 Å². The van der Waals surface area contributed by atoms with Gasteiger partial charge in [-0.25, -0.2) is 0 Å². The van der Waals surface area contributed by atoms with E-state index in [9.17, 15) is 0 Å². The fraction of sp³-hybridized carbons (Fsp3) is 0.591. The van der Waals surface area contributed by atoms with Crippen LogP contribution in [0, 0.1) is 0 Å². The molecular weight excluding hydrogens is 461 g/mol. The standard InChI is InChI=1S/C22H35N5.HI/c1-3-13-26-15-11-20(12-16-26)25-22(23-2)24-17-21-10-7-14-27(21)18-19-8-5-4-6-9-19;/h3-6,8-9,20-21H,1,7,10-18H2,2H3,(H2,23,24,25);1H. The lowest BCUT2D eigenvalue weighted by Gasteiger charge is -2.32. The molecule has 28 heavy (non-hydrogen) atoms. The third kappa shape index (κ3) is 7.04. The summed E-state index contributed by atoms with van der Waals surface area (Å²) >= 11 is 0. The van der Waals surface area contributed by atoms with Crippen LogP contribution in [-0.4, -0.2) is 67.6 Å². The molecule has 2 fully saturated rings. The van der Waals surface area contributed by atoms with Crippen molar-refractivity contribution >= 4 is 29.9 Å². The van der Waals surface area contributed by atoms with E-state index in [2.05, 4.69) is 62.3 Å². The molecule has 1 aromatic carbocycles. The van der Waals surface area contributed by atoms with Crippen LogP contribution < -0.4 is 10.6 Å². The van der Waals surface area contributed by atoms with Crippen molar-refractivity contribution in [3.8, 4) is 0 Å². The molecule has 0 spiro atoms. The third-order valence-corrected chi connectivity index (χ3v) is 5.77. The Morgan fingerprint density at radius 1 is 1.18 bits per heavy atom. The average molecular weight is 497 g/mol. The van der Waals surface area contributed by atoms with Crippen molar-refractivity contribution in [2.75, 3.05) is 39.8 Å². The van der Waals surface area contributed by atoms with Gasteiger partial charge < -0.3 is 10.6 Å². The van der Waals surface area contributed by atoms with Crippen molar-refractivity contribution in [2.24, 2.45) is 4.99 Å². The van der Waals surface area contributed by atoms with Gasteiger partial charge in [0.05, 0.1) is 0 Å². The Bertz CT molecular complexity index is 598. The van der Waals surface area contributed by atoms with Gasteiger partial charge >= 0.3 is 0 Å². The molecule has 6 heteroatoms. The SMILES string of the molecule is C=CCN1CCC(NC(=NC)NCC2CCCN2Cc2ccccc2)CC1.I. The highest BCUT2D eigenvalue weighted by molar-refractivity contribution is 14.0. The Hall–Kier alpha value is -1.12. The van der Waals surface area contributed by atoms with Crippen LogP contribution in [0.4, 0.5) is 0 Å². The summed E-state index contributed by atoms with van der Waals surface area (Å²) in [5.74, 6) is 0.948. The van der Waals surface area contributed by atoms with Crippen LogP contribution in [0.25, 0.3) is 0 Å². The van der Waals surface area contributed by atoms with Gasteiger partial charge in [0.2, 0.25) is 0 Å². The molecule has 0 saturated carbocycles. The highest BCUT2D eigenvalue weighted by Gasteiger charge is 2.25. The first-order valence-corrected chi connectivity index (χ1v) is 10.4. The lowest BCUT2D eigenvalue weighted by molar-refractivity contribution is 0.224. The van der Waals surface area contributed by atoms with Crippen molar-refractivity contribution < 1.29 is 0 Å². The van der Waals surface area contributed by atoms with Gasteiger partial charge in [0.25, 0.3) is 0 Å². The molecule has 0 aliphatic carbocycles. The van der Waals surface area contributed by atoms with Crippen molar-refractivity contribution in [1.29, 1.82) is 0 Å². The summed E-state index contributed by atoms with van der Waals surface area (Å²) < 4.78 is 0. The molecule has 2 saturated heterocycles. The van der Waals surface area contributed by atoms with Crippen LogP contribution in [0.1, 0.15) is 31.2 Å². The molecule has 0 aromatic heterocycles. The van der Waals surface area contributed by atoms with Gasteiger partial charge in [-0.3, -0.25) is 14.8 Å². The monoisotopic (exact) mass is 497 g/mol. The molecule has 1 unspecified atom stereocenters. The highest BCUT2D eigenvalue weighted by atomic mass is 127. The second kappa shape index (κ2) is 12.4. The van der Waals surface area contributed by atoms with Gasteiger partial charge in [0.15, 0.2) is 5.96 Å². The molecule has 2 N–H and O–H groups in total. The molecule has 2 aliphatic rings. The maximum absolute atomic E-state index is 4.45. The first-order chi connectivity index (χ1) is 13.3. The van der Waals surface area contributed by atoms with Gasteiger partial charge in [-0.1, -0.05) is 36.4 Å². The summed E-state index contributed by atoms with van der Waals surface area (Å²) in [6.07, 6.45) is 6.87. The number of nitrogens with zero attached hydrogens (tertiary/aromatic N) is 3. The van der Waals surface area contributed by atoms with E-state index in [4.69, 9.17) is 0 Å². The minimum Gasteiger partial charge on any atom is -0.355 e. The molecule has 0 bridgehead atoms. The lowest BCUT2D eigenvalue weighted by Crippen LogP contribution is -2.50. The Morgan fingerprint density at radius 3 is 2.61 bits per heavy atom. The normalized spacial score (nSPS) is 21.9. The Labute approximate surface area is 187 Å². The van der Waals surface area contributed by atoms with Crippen LogP contribution in [0.3, 0.4) is 0 Å². The van der Waals surface area contributed by atoms with Crippen molar-refractivity contribution in [3.05, 3.63) is 48.6 Å². The molecule has 2 heterocycles. The Morgan fingerprint density at radius 2 is 1.93 bits per heavy atom. The molecule has 0 radical (unpaired) electrons. The number of nitrogens with one attached hydrogen (secondary N) is 2. The second-order valence-corrected chi connectivity index (χ2v) is 7.71. The predicted octanol–water partition coefficient (Wildman–Crippen LogP) is 3.08. The molecule has 0 amide bonds. The minimum absolute atomic E-state index is 0. The quantitative estimate of drug-likeness (QED) is 0.263. The number of piperidine rings is 1. The first-order valence-electron chi connectivity index (χ1n) is 10.4. The number of rotatable bonds is 7. The highest BCUT2D eigenvalue weighted by Crippen LogP contribution is 2.19. The first kappa shape index (κ1) is 23.2. The van der Waals surface area contributed by atoms with E-state index in [1.807, 2.05) is 13.1 Å². The van der Waals surface area contributed by atoms with Gasteiger partial charge in [0, 0.05) is 51.9 Å². The summed E-state index contributed by atoms with van der Waals surface area (Å²) in [5, 5.41) is 7.20. The summed E-state index contributed by atoms with van der Waals surface area (Å²) in [6, 6.07) is 11.9. The van der Waals surface area contributed by atoms with Crippen molar-refractivity contribution in [2.45, 2.75) is 44.3 Å². The van der Waals surface area contributed by atoms with Crippen molar-refractivity contribution in [3.63, 3.8) is 0 Å². The smallest absolute Gasteiger partial charge is 0.191 e. The van der Waals surface area contributed by atoms with Crippen molar-refractivity contribution in [1.82, 2.24) is 20.4 Å². The van der Waals surface area contributed by atoms with Crippen LogP contribution in [0.5, 0.6) is 0 Å². The second-order valence-electron chi connectivity index (χ2n) is 7.71. The number of benzene rings is 1. The van der Waals surface area contributed by atoms with Crippen LogP contribution >= 0.6 is 24.0 Å². The summed E-state index contributed by atoms with van der Waals surface area (Å²) in [7, 11) is 1.87. The van der Waals surface area contributed by atoms with E-state index < -0.39 is 0 Å². The molecule has 2 aliphatic heterocycles. The molecule has 3 rings (SSSR count). The zero-order valence-electron chi connectivity index (χ0n) is 17.1. The average Bonchev–Trinajstić information content (AvgIpc) is 3.14. The minimum atomic E-state index is 0. The summed E-state index contributed by atoms with van der Waals surface area (Å²) in [4.78, 5) is 9.51. The van der Waals surface area contributed by atoms with E-state index in [-0.39, 0.29) is 24.0 Å². The van der Waals surface area contributed by atoms with Gasteiger partial charge in [-0.2, -0.15) is 0 Å². The maximum Gasteiger partial charge on any atom is 0.191 e. The molecule has 5 nitrogen and oxygen atoms in total. The zero-order valence-corrected chi connectivity index (χ0v) is 19.5. The Kier molecular flexibility index (Phi) is 10.3. The largest absolute Gasteiger partial charge is 0.355 e. The summed E-state index contributed by atoms with van der Waals surface area (Å²) in [5.41, 5.74) is 1.40. The lowest BCUT2D eigenvalue weighted by atomic mass is 10.1. The van der Waals surface area contributed by atoms with Gasteiger partial charge in [-0.05, 0) is 37.8 Å². The van der Waals surface area contributed by atoms with E-state index >= 15 is 0 Å². The summed E-state index contributed by atoms with van der Waals surface area (Å²) in [6.45, 7) is 10.3. The molecule has 1 aromatic rings. The van der Waals surface area contributed by atoms with Crippen LogP contribution in [0.2, 0.25) is 0 Å². The number of guanidine groups is 1. The molecule has 1 atom stereocenters. The number of aliphatic imine (C=N–C) groups is 1. The number of likely N-dealkylation sites (tertiary alicyclic amines) is 2. The Balaban J connectivity index is 0.00000280.